The van der Waals surface area contributed by atoms with Gasteiger partial charge in [-0.15, -0.1) is 0 Å². The molecule has 3 atom stereocenters. The molecular weight excluding hydrogens is 240 g/mol. The fourth-order valence-electron chi connectivity index (χ4n) is 3.36. The van der Waals surface area contributed by atoms with Crippen LogP contribution in [-0.2, 0) is 11.2 Å². The van der Waals surface area contributed by atoms with Crippen LogP contribution in [0.15, 0.2) is 29.4 Å². The fraction of sp³-hybridized carbons (Fsp3) is 0.533. The lowest BCUT2D eigenvalue weighted by Gasteiger charge is -2.39. The van der Waals surface area contributed by atoms with E-state index in [1.165, 1.54) is 11.1 Å². The van der Waals surface area contributed by atoms with Crippen LogP contribution in [0.2, 0.25) is 0 Å². The van der Waals surface area contributed by atoms with Crippen molar-refractivity contribution >= 4 is 5.71 Å². The molecule has 1 fully saturated rings. The summed E-state index contributed by atoms with van der Waals surface area (Å²) in [6.07, 6.45) is 1.19. The Balaban J connectivity index is 1.94. The molecule has 1 saturated heterocycles. The largest absolute Gasteiger partial charge is 0.411 e. The molecule has 102 valence electrons. The van der Waals surface area contributed by atoms with Gasteiger partial charge in [-0.05, 0) is 25.0 Å². The standard InChI is InChI=1S/C15H20N2O2/c1-10-8-17(9-11(2)19-10)15-13-6-4-3-5-12(13)7-14(15)16-18/h3-6,10-11,15,18H,7-9H2,1-2H3/b16-14+/t10-,11-,15-/m1/s1. The molecule has 0 radical (unpaired) electrons. The van der Waals surface area contributed by atoms with Gasteiger partial charge in [0.15, 0.2) is 0 Å². The second-order valence-electron chi connectivity index (χ2n) is 5.58. The summed E-state index contributed by atoms with van der Waals surface area (Å²) < 4.78 is 5.79. The second-order valence-corrected chi connectivity index (χ2v) is 5.58. The minimum absolute atomic E-state index is 0.106. The number of nitrogens with zero attached hydrogens (tertiary/aromatic N) is 2. The third kappa shape index (κ3) is 2.26. The van der Waals surface area contributed by atoms with Gasteiger partial charge in [0, 0.05) is 19.5 Å². The molecule has 0 amide bonds. The molecule has 3 rings (SSSR count). The van der Waals surface area contributed by atoms with Gasteiger partial charge in [-0.3, -0.25) is 4.90 Å². The molecule has 0 spiro atoms. The normalized spacial score (nSPS) is 33.6. The maximum Gasteiger partial charge on any atom is 0.0831 e. The molecular formula is C15H20N2O2. The maximum absolute atomic E-state index is 9.30. The van der Waals surface area contributed by atoms with E-state index in [4.69, 9.17) is 4.74 Å². The van der Waals surface area contributed by atoms with Crippen molar-refractivity contribution in [3.8, 4) is 0 Å². The van der Waals surface area contributed by atoms with Crippen LogP contribution in [0.4, 0.5) is 0 Å². The first kappa shape index (κ1) is 12.6. The SMILES string of the molecule is C[C@@H]1CN([C@H]2/C(=N/O)Cc3ccccc32)C[C@@H](C)O1. The van der Waals surface area contributed by atoms with Gasteiger partial charge in [0.2, 0.25) is 0 Å². The lowest BCUT2D eigenvalue weighted by atomic mass is 10.0. The summed E-state index contributed by atoms with van der Waals surface area (Å²) in [5.41, 5.74) is 3.39. The number of rotatable bonds is 1. The predicted molar refractivity (Wildman–Crippen MR) is 73.7 cm³/mol. The first-order valence-electron chi connectivity index (χ1n) is 6.87. The molecule has 1 N–H and O–H groups in total. The molecule has 1 aliphatic carbocycles. The van der Waals surface area contributed by atoms with Crippen LogP contribution in [0.25, 0.3) is 0 Å². The second kappa shape index (κ2) is 4.94. The first-order chi connectivity index (χ1) is 9.19. The van der Waals surface area contributed by atoms with E-state index < -0.39 is 0 Å². The topological polar surface area (TPSA) is 45.1 Å². The lowest BCUT2D eigenvalue weighted by molar-refractivity contribution is -0.0737. The molecule has 0 unspecified atom stereocenters. The monoisotopic (exact) mass is 260 g/mol. The van der Waals surface area contributed by atoms with Crippen LogP contribution in [0.1, 0.15) is 31.0 Å². The molecule has 1 aliphatic heterocycles. The number of oxime groups is 1. The highest BCUT2D eigenvalue weighted by Gasteiger charge is 2.37. The molecule has 19 heavy (non-hydrogen) atoms. The summed E-state index contributed by atoms with van der Waals surface area (Å²) in [7, 11) is 0. The van der Waals surface area contributed by atoms with E-state index in [2.05, 4.69) is 42.1 Å². The van der Waals surface area contributed by atoms with Crippen LogP contribution >= 0.6 is 0 Å². The zero-order chi connectivity index (χ0) is 13.4. The quantitative estimate of drug-likeness (QED) is 0.622. The van der Waals surface area contributed by atoms with Crippen LogP contribution in [0.3, 0.4) is 0 Å². The van der Waals surface area contributed by atoms with E-state index in [0.717, 1.165) is 25.2 Å². The number of morpholine rings is 1. The van der Waals surface area contributed by atoms with Crippen molar-refractivity contribution in [2.24, 2.45) is 5.16 Å². The molecule has 1 aromatic carbocycles. The minimum Gasteiger partial charge on any atom is -0.411 e. The van der Waals surface area contributed by atoms with Gasteiger partial charge in [-0.25, -0.2) is 0 Å². The summed E-state index contributed by atoms with van der Waals surface area (Å²) in [5, 5.41) is 12.8. The Morgan fingerprint density at radius 1 is 1.21 bits per heavy atom. The average Bonchev–Trinajstić information content (AvgIpc) is 2.75. The van der Waals surface area contributed by atoms with Crippen molar-refractivity contribution in [2.45, 2.75) is 38.5 Å². The number of fused-ring (bicyclic) bond motifs is 1. The van der Waals surface area contributed by atoms with Crippen molar-refractivity contribution < 1.29 is 9.94 Å². The van der Waals surface area contributed by atoms with Gasteiger partial charge in [0.05, 0.1) is 24.0 Å². The van der Waals surface area contributed by atoms with Gasteiger partial charge in [-0.2, -0.15) is 0 Å². The van der Waals surface area contributed by atoms with Gasteiger partial charge in [-0.1, -0.05) is 29.4 Å². The molecule has 2 aliphatic rings. The van der Waals surface area contributed by atoms with E-state index in [1.807, 2.05) is 6.07 Å². The highest BCUT2D eigenvalue weighted by atomic mass is 16.5. The predicted octanol–water partition coefficient (Wildman–Crippen LogP) is 2.22. The average molecular weight is 260 g/mol. The van der Waals surface area contributed by atoms with Gasteiger partial charge in [0.25, 0.3) is 0 Å². The summed E-state index contributed by atoms with van der Waals surface area (Å²) in [6.45, 7) is 5.95. The number of hydrogen-bond donors (Lipinski definition) is 1. The van der Waals surface area contributed by atoms with Gasteiger partial charge < -0.3 is 9.94 Å². The zero-order valence-corrected chi connectivity index (χ0v) is 11.4. The Kier molecular flexibility index (Phi) is 3.29. The number of hydrogen-bond acceptors (Lipinski definition) is 4. The van der Waals surface area contributed by atoms with E-state index in [0.29, 0.717) is 0 Å². The molecule has 1 aromatic rings. The lowest BCUT2D eigenvalue weighted by Crippen LogP contribution is -2.48. The Hall–Kier alpha value is -1.39. The van der Waals surface area contributed by atoms with Crippen LogP contribution < -0.4 is 0 Å². The summed E-state index contributed by atoms with van der Waals surface area (Å²) in [5.74, 6) is 0. The Morgan fingerprint density at radius 3 is 2.58 bits per heavy atom. The number of benzene rings is 1. The van der Waals surface area contributed by atoms with E-state index in [-0.39, 0.29) is 18.2 Å². The minimum atomic E-state index is 0.106. The first-order valence-corrected chi connectivity index (χ1v) is 6.87. The smallest absolute Gasteiger partial charge is 0.0831 e. The summed E-state index contributed by atoms with van der Waals surface area (Å²) in [6, 6.07) is 8.46. The fourth-order valence-corrected chi connectivity index (χ4v) is 3.36. The number of ether oxygens (including phenoxy) is 1. The molecule has 4 nitrogen and oxygen atoms in total. The van der Waals surface area contributed by atoms with Gasteiger partial charge >= 0.3 is 0 Å². The molecule has 1 heterocycles. The van der Waals surface area contributed by atoms with Crippen LogP contribution in [-0.4, -0.2) is 41.1 Å². The van der Waals surface area contributed by atoms with Crippen LogP contribution in [0, 0.1) is 0 Å². The third-order valence-corrected chi connectivity index (χ3v) is 3.98. The van der Waals surface area contributed by atoms with E-state index >= 15 is 0 Å². The Bertz CT molecular complexity index is 491. The third-order valence-electron chi connectivity index (χ3n) is 3.98. The maximum atomic E-state index is 9.30. The highest BCUT2D eigenvalue weighted by Crippen LogP contribution is 2.35. The van der Waals surface area contributed by atoms with Crippen LogP contribution in [0.5, 0.6) is 0 Å². The summed E-state index contributed by atoms with van der Waals surface area (Å²) in [4.78, 5) is 2.37. The van der Waals surface area contributed by atoms with Gasteiger partial charge in [0.1, 0.15) is 0 Å². The van der Waals surface area contributed by atoms with E-state index in [9.17, 15) is 5.21 Å². The van der Waals surface area contributed by atoms with E-state index in [1.54, 1.807) is 0 Å². The van der Waals surface area contributed by atoms with Crippen molar-refractivity contribution in [1.29, 1.82) is 0 Å². The molecule has 4 heteroatoms. The Morgan fingerprint density at radius 2 is 1.89 bits per heavy atom. The van der Waals surface area contributed by atoms with Crippen molar-refractivity contribution in [3.63, 3.8) is 0 Å². The van der Waals surface area contributed by atoms with Crippen molar-refractivity contribution in [1.82, 2.24) is 4.90 Å². The molecule has 0 bridgehead atoms. The summed E-state index contributed by atoms with van der Waals surface area (Å²) >= 11 is 0. The highest BCUT2D eigenvalue weighted by molar-refractivity contribution is 5.96. The zero-order valence-electron chi connectivity index (χ0n) is 11.4. The molecule has 0 saturated carbocycles. The van der Waals surface area contributed by atoms with Crippen molar-refractivity contribution in [3.05, 3.63) is 35.4 Å². The van der Waals surface area contributed by atoms with Crippen molar-refractivity contribution in [2.75, 3.05) is 13.1 Å². The molecule has 0 aromatic heterocycles. The Labute approximate surface area is 113 Å².